The van der Waals surface area contributed by atoms with Crippen LogP contribution in [0.5, 0.6) is 0 Å². The first kappa shape index (κ1) is 22.5. The van der Waals surface area contributed by atoms with Crippen molar-refractivity contribution in [2.24, 2.45) is 0 Å². The van der Waals surface area contributed by atoms with Crippen LogP contribution < -0.4 is 0 Å². The molecule has 0 aromatic rings. The molecule has 0 aliphatic carbocycles. The van der Waals surface area contributed by atoms with E-state index in [0.717, 1.165) is 0 Å². The minimum absolute atomic E-state index is 0. The fraction of sp³-hybridized carbons (Fsp3) is 0. The van der Waals surface area contributed by atoms with Gasteiger partial charge in [-0.05, 0) is 0 Å². The molecule has 73 valence electrons. The Balaban J connectivity index is -0.0000000450. The number of nitrogens with zero attached hydrogens (tertiary/aromatic N) is 3. The maximum Gasteiger partial charge on any atom is 3.00 e. The SMILES string of the molecule is O=[N+]([O-])[O-].O=[N+]([O-])[O-].O=[N+]([O-])[O-].[Ti+3]. The third-order valence-electron chi connectivity index (χ3n) is 0. The first-order chi connectivity index (χ1) is 5.20. The van der Waals surface area contributed by atoms with Crippen molar-refractivity contribution in [1.82, 2.24) is 0 Å². The molecule has 0 N–H and O–H groups in total. The van der Waals surface area contributed by atoms with Crippen LogP contribution >= 0.6 is 0 Å². The third kappa shape index (κ3) is 251. The Morgan fingerprint density at radius 2 is 0.538 bits per heavy atom. The molecule has 13 heavy (non-hydrogen) atoms. The van der Waals surface area contributed by atoms with E-state index in [1.54, 1.807) is 0 Å². The van der Waals surface area contributed by atoms with Gasteiger partial charge >= 0.3 is 21.7 Å². The average Bonchev–Trinajstić information content (AvgIpc) is 1.54. The van der Waals surface area contributed by atoms with Crippen molar-refractivity contribution < 1.29 is 37.0 Å². The molecule has 0 unspecified atom stereocenters. The van der Waals surface area contributed by atoms with E-state index in [1.165, 1.54) is 0 Å². The van der Waals surface area contributed by atoms with Gasteiger partial charge in [-0.1, -0.05) is 0 Å². The molecule has 0 rings (SSSR count). The summed E-state index contributed by atoms with van der Waals surface area (Å²) in [5, 5.41) is 44.2. The van der Waals surface area contributed by atoms with Crippen LogP contribution in [0.25, 0.3) is 0 Å². The van der Waals surface area contributed by atoms with Crippen molar-refractivity contribution in [1.29, 1.82) is 0 Å². The smallest absolute Gasteiger partial charge is 0.356 e. The van der Waals surface area contributed by atoms with Crippen molar-refractivity contribution in [3.8, 4) is 0 Å². The Labute approximate surface area is 83.6 Å². The van der Waals surface area contributed by atoms with Crippen LogP contribution in [0.4, 0.5) is 0 Å². The molecule has 0 aromatic carbocycles. The second-order valence-corrected chi connectivity index (χ2v) is 0.671. The zero-order chi connectivity index (χ0) is 10.7. The molecule has 0 aromatic heterocycles. The number of rotatable bonds is 0. The fourth-order valence-corrected chi connectivity index (χ4v) is 0. The molecule has 0 aliphatic heterocycles. The summed E-state index contributed by atoms with van der Waals surface area (Å²) in [6, 6.07) is 0. The summed E-state index contributed by atoms with van der Waals surface area (Å²) in [6.07, 6.45) is 0. The number of hydrogen-bond donors (Lipinski definition) is 0. The van der Waals surface area contributed by atoms with E-state index in [1.807, 2.05) is 0 Å². The van der Waals surface area contributed by atoms with Gasteiger partial charge in [0.05, 0.1) is 15.3 Å². The van der Waals surface area contributed by atoms with Gasteiger partial charge in [0.1, 0.15) is 0 Å². The van der Waals surface area contributed by atoms with Gasteiger partial charge in [0.15, 0.2) is 0 Å². The predicted octanol–water partition coefficient (Wildman–Crippen LogP) is -0.720. The first-order valence-corrected chi connectivity index (χ1v) is 1.64. The van der Waals surface area contributed by atoms with E-state index in [0.29, 0.717) is 0 Å². The van der Waals surface area contributed by atoms with Gasteiger partial charge in [0, 0.05) is 0 Å². The molecule has 0 aliphatic rings. The van der Waals surface area contributed by atoms with Crippen LogP contribution in [-0.2, 0) is 21.7 Å². The summed E-state index contributed by atoms with van der Waals surface area (Å²) in [6.45, 7) is 0. The van der Waals surface area contributed by atoms with Crippen LogP contribution in [0.3, 0.4) is 0 Å². The van der Waals surface area contributed by atoms with Crippen LogP contribution in [0.1, 0.15) is 0 Å². The summed E-state index contributed by atoms with van der Waals surface area (Å²) in [5.41, 5.74) is 0. The minimum atomic E-state index is -1.75. The Morgan fingerprint density at radius 3 is 0.538 bits per heavy atom. The molecule has 1 radical (unpaired) electrons. The minimum Gasteiger partial charge on any atom is -0.356 e. The van der Waals surface area contributed by atoms with Gasteiger partial charge < -0.3 is 46.0 Å². The summed E-state index contributed by atoms with van der Waals surface area (Å²) < 4.78 is 0. The van der Waals surface area contributed by atoms with Gasteiger partial charge in [-0.3, -0.25) is 0 Å². The van der Waals surface area contributed by atoms with E-state index in [-0.39, 0.29) is 21.7 Å². The standard InChI is InChI=1S/3NO3.Ti/c3*2-1(3)4;/q3*-1;+3. The van der Waals surface area contributed by atoms with Crippen molar-refractivity contribution >= 4 is 0 Å². The molecule has 0 heterocycles. The van der Waals surface area contributed by atoms with Crippen molar-refractivity contribution in [3.05, 3.63) is 46.0 Å². The fourth-order valence-electron chi connectivity index (χ4n) is 0. The third-order valence-corrected chi connectivity index (χ3v) is 0. The van der Waals surface area contributed by atoms with E-state index in [2.05, 4.69) is 0 Å². The van der Waals surface area contributed by atoms with Crippen LogP contribution in [-0.4, -0.2) is 15.3 Å². The van der Waals surface area contributed by atoms with E-state index < -0.39 is 15.3 Å². The zero-order valence-corrected chi connectivity index (χ0v) is 7.08. The van der Waals surface area contributed by atoms with E-state index in [4.69, 9.17) is 46.0 Å². The van der Waals surface area contributed by atoms with Crippen LogP contribution in [0.2, 0.25) is 0 Å². The predicted molar refractivity (Wildman–Crippen MR) is 31.1 cm³/mol. The first-order valence-electron chi connectivity index (χ1n) is 1.64. The molecular weight excluding hydrogens is 234 g/mol. The second-order valence-electron chi connectivity index (χ2n) is 0.671. The number of hydrogen-bond acceptors (Lipinski definition) is 9. The Bertz CT molecular complexity index is 112. The van der Waals surface area contributed by atoms with Crippen molar-refractivity contribution in [2.45, 2.75) is 0 Å². The van der Waals surface area contributed by atoms with Gasteiger partial charge in [-0.15, -0.1) is 0 Å². The molecule has 0 atom stereocenters. The summed E-state index contributed by atoms with van der Waals surface area (Å²) in [4.78, 5) is 24.8. The topological polar surface area (TPSA) is 199 Å². The average molecular weight is 234 g/mol. The Hall–Kier alpha value is -1.69. The van der Waals surface area contributed by atoms with Gasteiger partial charge in [0.25, 0.3) is 0 Å². The van der Waals surface area contributed by atoms with Gasteiger partial charge in [-0.25, -0.2) is 0 Å². The van der Waals surface area contributed by atoms with Crippen LogP contribution in [0.15, 0.2) is 0 Å². The quantitative estimate of drug-likeness (QED) is 0.294. The molecule has 0 saturated carbocycles. The Morgan fingerprint density at radius 1 is 0.538 bits per heavy atom. The van der Waals surface area contributed by atoms with E-state index in [9.17, 15) is 0 Å². The van der Waals surface area contributed by atoms with E-state index >= 15 is 0 Å². The summed E-state index contributed by atoms with van der Waals surface area (Å²) in [5.74, 6) is 0. The summed E-state index contributed by atoms with van der Waals surface area (Å²) >= 11 is 0. The Kier molecular flexibility index (Phi) is 28.9. The molecule has 0 bridgehead atoms. The van der Waals surface area contributed by atoms with Gasteiger partial charge in [-0.2, -0.15) is 0 Å². The maximum atomic E-state index is 8.25. The van der Waals surface area contributed by atoms with Crippen molar-refractivity contribution in [3.63, 3.8) is 0 Å². The monoisotopic (exact) mass is 234 g/mol. The molecule has 0 amide bonds. The normalized spacial score (nSPS) is 5.54. The molecular formula is N3O9Ti. The summed E-state index contributed by atoms with van der Waals surface area (Å²) in [7, 11) is 0. The molecule has 0 spiro atoms. The molecule has 13 heteroatoms. The largest absolute Gasteiger partial charge is 3.00 e. The molecule has 0 saturated heterocycles. The van der Waals surface area contributed by atoms with Crippen molar-refractivity contribution in [2.75, 3.05) is 0 Å². The molecule has 0 fully saturated rings. The van der Waals surface area contributed by atoms with Crippen LogP contribution in [0, 0.1) is 46.0 Å². The maximum absolute atomic E-state index is 8.25. The van der Waals surface area contributed by atoms with Gasteiger partial charge in [0.2, 0.25) is 0 Å². The molecule has 12 nitrogen and oxygen atoms in total. The zero-order valence-electron chi connectivity index (χ0n) is 5.52. The second kappa shape index (κ2) is 16.7.